The van der Waals surface area contributed by atoms with Gasteiger partial charge in [-0.05, 0) is 48.6 Å². The van der Waals surface area contributed by atoms with Crippen molar-refractivity contribution in [3.63, 3.8) is 0 Å². The lowest BCUT2D eigenvalue weighted by Gasteiger charge is -2.21. The molecule has 0 aromatic carbocycles. The summed E-state index contributed by atoms with van der Waals surface area (Å²) in [5, 5.41) is 9.72. The highest BCUT2D eigenvalue weighted by Gasteiger charge is 2.07. The Morgan fingerprint density at radius 3 is 2.96 bits per heavy atom. The first-order chi connectivity index (χ1) is 12.8. The molecule has 7 heteroatoms. The van der Waals surface area contributed by atoms with Crippen LogP contribution >= 0.6 is 11.3 Å². The third-order valence-electron chi connectivity index (χ3n) is 3.93. The molecule has 3 heterocycles. The number of aliphatic imine (C=N–C) groups is 1. The summed E-state index contributed by atoms with van der Waals surface area (Å²) in [6.07, 6.45) is 6.46. The zero-order valence-electron chi connectivity index (χ0n) is 15.2. The van der Waals surface area contributed by atoms with Gasteiger partial charge in [-0.3, -0.25) is 0 Å². The van der Waals surface area contributed by atoms with Crippen LogP contribution < -0.4 is 5.32 Å². The molecule has 0 unspecified atom stereocenters. The second-order valence-electron chi connectivity index (χ2n) is 5.89. The summed E-state index contributed by atoms with van der Waals surface area (Å²) in [4.78, 5) is 12.7. The molecule has 6 nitrogen and oxygen atoms in total. The monoisotopic (exact) mass is 368 g/mol. The molecule has 3 aromatic rings. The highest BCUT2D eigenvalue weighted by atomic mass is 32.1. The van der Waals surface area contributed by atoms with E-state index in [9.17, 15) is 0 Å². The van der Waals surface area contributed by atoms with Gasteiger partial charge in [-0.15, -0.1) is 11.3 Å². The maximum Gasteiger partial charge on any atom is 0.193 e. The zero-order chi connectivity index (χ0) is 18.2. The van der Waals surface area contributed by atoms with Crippen LogP contribution in [-0.4, -0.2) is 45.8 Å². The van der Waals surface area contributed by atoms with Crippen molar-refractivity contribution >= 4 is 17.3 Å². The summed E-state index contributed by atoms with van der Waals surface area (Å²) in [7, 11) is 2.08. The van der Waals surface area contributed by atoms with E-state index in [2.05, 4.69) is 51.8 Å². The average Bonchev–Trinajstić information content (AvgIpc) is 3.37. The fourth-order valence-electron chi connectivity index (χ4n) is 2.56. The third-order valence-corrected chi connectivity index (χ3v) is 4.87. The number of likely N-dealkylation sites (N-methyl/N-ethyl adjacent to an activating group) is 1. The molecule has 0 aliphatic heterocycles. The summed E-state index contributed by atoms with van der Waals surface area (Å²) in [6, 6.07) is 10.2. The Hall–Kier alpha value is -2.67. The lowest BCUT2D eigenvalue weighted by molar-refractivity contribution is 0.486. The van der Waals surface area contributed by atoms with Gasteiger partial charge >= 0.3 is 0 Å². The van der Waals surface area contributed by atoms with E-state index in [-0.39, 0.29) is 0 Å². The van der Waals surface area contributed by atoms with Crippen LogP contribution in [0.1, 0.15) is 17.4 Å². The molecule has 0 aliphatic carbocycles. The zero-order valence-corrected chi connectivity index (χ0v) is 16.0. The van der Waals surface area contributed by atoms with E-state index < -0.39 is 0 Å². The quantitative estimate of drug-likeness (QED) is 0.514. The lowest BCUT2D eigenvalue weighted by Crippen LogP contribution is -2.39. The van der Waals surface area contributed by atoms with Crippen molar-refractivity contribution in [2.45, 2.75) is 19.9 Å². The standard InChI is InChI=1S/C19H24N6S/c1-3-20-19(24(2)12-8-17-6-4-13-26-17)22-15-16-7-10-21-18(14-16)25-11-5-9-23-25/h4-7,9-11,13-14H,3,8,12,15H2,1-2H3,(H,20,22). The van der Waals surface area contributed by atoms with Gasteiger partial charge in [0, 0.05) is 43.6 Å². The normalized spacial score (nSPS) is 11.5. The van der Waals surface area contributed by atoms with Gasteiger partial charge in [-0.1, -0.05) is 6.07 Å². The van der Waals surface area contributed by atoms with E-state index >= 15 is 0 Å². The summed E-state index contributed by atoms with van der Waals surface area (Å²) in [5.41, 5.74) is 1.10. The Labute approximate surface area is 158 Å². The van der Waals surface area contributed by atoms with Gasteiger partial charge in [-0.2, -0.15) is 5.10 Å². The number of pyridine rings is 1. The number of aromatic nitrogens is 3. The van der Waals surface area contributed by atoms with Gasteiger partial charge in [0.25, 0.3) is 0 Å². The van der Waals surface area contributed by atoms with Crippen LogP contribution in [0.2, 0.25) is 0 Å². The maximum absolute atomic E-state index is 4.78. The Balaban J connectivity index is 1.65. The Kier molecular flexibility index (Phi) is 6.38. The van der Waals surface area contributed by atoms with Crippen molar-refractivity contribution in [1.29, 1.82) is 0 Å². The van der Waals surface area contributed by atoms with Gasteiger partial charge in [-0.25, -0.2) is 14.7 Å². The van der Waals surface area contributed by atoms with Crippen LogP contribution in [0.25, 0.3) is 5.82 Å². The highest BCUT2D eigenvalue weighted by molar-refractivity contribution is 7.09. The second-order valence-corrected chi connectivity index (χ2v) is 6.93. The van der Waals surface area contributed by atoms with Crippen LogP contribution in [0.15, 0.2) is 59.3 Å². The summed E-state index contributed by atoms with van der Waals surface area (Å²) >= 11 is 1.80. The molecule has 26 heavy (non-hydrogen) atoms. The molecule has 0 saturated carbocycles. The molecule has 136 valence electrons. The molecule has 3 rings (SSSR count). The Morgan fingerprint density at radius 1 is 1.31 bits per heavy atom. The Bertz CT molecular complexity index is 810. The van der Waals surface area contributed by atoms with Gasteiger partial charge in [0.15, 0.2) is 11.8 Å². The summed E-state index contributed by atoms with van der Waals surface area (Å²) in [6.45, 7) is 4.46. The van der Waals surface area contributed by atoms with Crippen molar-refractivity contribution in [3.05, 3.63) is 64.7 Å². The molecule has 0 aliphatic rings. The fourth-order valence-corrected chi connectivity index (χ4v) is 3.26. The molecule has 0 bridgehead atoms. The van der Waals surface area contributed by atoms with E-state index in [0.29, 0.717) is 6.54 Å². The molecular weight excluding hydrogens is 344 g/mol. The molecule has 0 amide bonds. The SMILES string of the molecule is CCNC(=NCc1ccnc(-n2cccn2)c1)N(C)CCc1cccs1. The maximum atomic E-state index is 4.78. The minimum atomic E-state index is 0.600. The van der Waals surface area contributed by atoms with Gasteiger partial charge in [0.2, 0.25) is 0 Å². The highest BCUT2D eigenvalue weighted by Crippen LogP contribution is 2.10. The lowest BCUT2D eigenvalue weighted by atomic mass is 10.2. The summed E-state index contributed by atoms with van der Waals surface area (Å²) < 4.78 is 1.76. The topological polar surface area (TPSA) is 58.3 Å². The molecule has 3 aromatic heterocycles. The van der Waals surface area contributed by atoms with Crippen molar-refractivity contribution < 1.29 is 0 Å². The van der Waals surface area contributed by atoms with E-state index in [1.165, 1.54) is 4.88 Å². The average molecular weight is 369 g/mol. The number of hydrogen-bond donors (Lipinski definition) is 1. The van der Waals surface area contributed by atoms with E-state index in [1.54, 1.807) is 28.4 Å². The number of nitrogens with one attached hydrogen (secondary N) is 1. The van der Waals surface area contributed by atoms with Crippen LogP contribution in [0.3, 0.4) is 0 Å². The van der Waals surface area contributed by atoms with Crippen LogP contribution in [0.4, 0.5) is 0 Å². The van der Waals surface area contributed by atoms with E-state index in [0.717, 1.165) is 36.9 Å². The molecule has 0 fully saturated rings. The first-order valence-electron chi connectivity index (χ1n) is 8.73. The number of hydrogen-bond acceptors (Lipinski definition) is 4. The van der Waals surface area contributed by atoms with Crippen LogP contribution in [-0.2, 0) is 13.0 Å². The van der Waals surface area contributed by atoms with E-state index in [4.69, 9.17) is 4.99 Å². The fraction of sp³-hybridized carbons (Fsp3) is 0.316. The number of guanidine groups is 1. The van der Waals surface area contributed by atoms with Crippen molar-refractivity contribution in [2.75, 3.05) is 20.1 Å². The molecule has 0 radical (unpaired) electrons. The van der Waals surface area contributed by atoms with Crippen molar-refractivity contribution in [2.24, 2.45) is 4.99 Å². The predicted molar refractivity (Wildman–Crippen MR) is 107 cm³/mol. The third kappa shape index (κ3) is 4.92. The first-order valence-corrected chi connectivity index (χ1v) is 9.61. The molecule has 0 saturated heterocycles. The van der Waals surface area contributed by atoms with Gasteiger partial charge < -0.3 is 10.2 Å². The molecule has 0 atom stereocenters. The van der Waals surface area contributed by atoms with E-state index in [1.807, 2.05) is 24.4 Å². The van der Waals surface area contributed by atoms with Crippen molar-refractivity contribution in [1.82, 2.24) is 25.0 Å². The largest absolute Gasteiger partial charge is 0.357 e. The number of nitrogens with zero attached hydrogens (tertiary/aromatic N) is 5. The minimum absolute atomic E-state index is 0.600. The predicted octanol–water partition coefficient (Wildman–Crippen LogP) is 2.97. The van der Waals surface area contributed by atoms with Gasteiger partial charge in [0.1, 0.15) is 0 Å². The number of thiophene rings is 1. The molecule has 1 N–H and O–H groups in total. The first kappa shape index (κ1) is 18.1. The molecular formula is C19H24N6S. The smallest absolute Gasteiger partial charge is 0.193 e. The van der Waals surface area contributed by atoms with Gasteiger partial charge in [0.05, 0.1) is 6.54 Å². The number of rotatable bonds is 7. The second kappa shape index (κ2) is 9.15. The van der Waals surface area contributed by atoms with Crippen LogP contribution in [0.5, 0.6) is 0 Å². The molecule has 0 spiro atoms. The Morgan fingerprint density at radius 2 is 2.23 bits per heavy atom. The summed E-state index contributed by atoms with van der Waals surface area (Å²) in [5.74, 6) is 1.72. The minimum Gasteiger partial charge on any atom is -0.357 e. The van der Waals surface area contributed by atoms with Crippen molar-refractivity contribution in [3.8, 4) is 5.82 Å². The van der Waals surface area contributed by atoms with Crippen LogP contribution in [0, 0.1) is 0 Å².